The number of rotatable bonds is 7. The molecule has 0 aliphatic rings. The molecule has 0 aliphatic heterocycles. The Kier molecular flexibility index (Phi) is 6.13. The minimum absolute atomic E-state index is 0.467. The molecule has 92 valence electrons. The number of hydrogen-bond acceptors (Lipinski definition) is 3. The number of aliphatic hydroxyl groups excluding tert-OH is 1. The van der Waals surface area contributed by atoms with E-state index < -0.39 is 6.10 Å². The monoisotopic (exact) mass is 233 g/mol. The molecule has 0 saturated carbocycles. The molecule has 1 atom stereocenters. The molecule has 0 bridgehead atoms. The lowest BCUT2D eigenvalue weighted by Crippen LogP contribution is -2.03. The van der Waals surface area contributed by atoms with E-state index in [-0.39, 0.29) is 0 Å². The number of nitrogens with zero attached hydrogens (tertiary/aromatic N) is 1. The number of benzene rings is 1. The van der Waals surface area contributed by atoms with Crippen molar-refractivity contribution in [1.82, 2.24) is 0 Å². The summed E-state index contributed by atoms with van der Waals surface area (Å²) in [6.45, 7) is 2.53. The quantitative estimate of drug-likeness (QED) is 0.736. The minimum atomic E-state index is -0.467. The minimum Gasteiger partial charge on any atom is -0.493 e. The first kappa shape index (κ1) is 13.5. The first-order chi connectivity index (χ1) is 8.29. The molecular weight excluding hydrogens is 214 g/mol. The van der Waals surface area contributed by atoms with Gasteiger partial charge in [0.2, 0.25) is 0 Å². The number of hydrogen-bond donors (Lipinski definition) is 1. The van der Waals surface area contributed by atoms with Crippen LogP contribution in [0.1, 0.15) is 44.3 Å². The van der Waals surface area contributed by atoms with Crippen LogP contribution in [-0.4, -0.2) is 11.7 Å². The fourth-order valence-corrected chi connectivity index (χ4v) is 1.60. The van der Waals surface area contributed by atoms with E-state index >= 15 is 0 Å². The van der Waals surface area contributed by atoms with E-state index in [1.807, 2.05) is 31.2 Å². The largest absolute Gasteiger partial charge is 0.493 e. The normalized spacial score (nSPS) is 11.8. The number of para-hydroxylation sites is 1. The maximum atomic E-state index is 9.83. The average Bonchev–Trinajstić information content (AvgIpc) is 2.38. The molecular formula is C14H19NO2. The Morgan fingerprint density at radius 2 is 2.12 bits per heavy atom. The van der Waals surface area contributed by atoms with Gasteiger partial charge in [-0.2, -0.15) is 5.26 Å². The van der Waals surface area contributed by atoms with Crippen molar-refractivity contribution in [2.24, 2.45) is 0 Å². The van der Waals surface area contributed by atoms with Gasteiger partial charge in [0.05, 0.1) is 18.8 Å². The SMILES string of the molecule is CC[C@@H](O)c1ccccc1OCCCCC#N. The van der Waals surface area contributed by atoms with Gasteiger partial charge in [-0.15, -0.1) is 0 Å². The first-order valence-corrected chi connectivity index (χ1v) is 6.06. The van der Waals surface area contributed by atoms with Crippen LogP contribution >= 0.6 is 0 Å². The van der Waals surface area contributed by atoms with Crippen molar-refractivity contribution in [3.8, 4) is 11.8 Å². The summed E-state index contributed by atoms with van der Waals surface area (Å²) in [5.74, 6) is 0.749. The zero-order valence-corrected chi connectivity index (χ0v) is 10.2. The van der Waals surface area contributed by atoms with Crippen LogP contribution in [0.3, 0.4) is 0 Å². The van der Waals surface area contributed by atoms with Gasteiger partial charge in [-0.3, -0.25) is 0 Å². The van der Waals surface area contributed by atoms with Gasteiger partial charge in [0.25, 0.3) is 0 Å². The molecule has 3 heteroatoms. The Morgan fingerprint density at radius 3 is 2.82 bits per heavy atom. The van der Waals surface area contributed by atoms with Crippen molar-refractivity contribution in [3.05, 3.63) is 29.8 Å². The summed E-state index contributed by atoms with van der Waals surface area (Å²) in [6, 6.07) is 9.67. The van der Waals surface area contributed by atoms with Crippen molar-refractivity contribution in [2.45, 2.75) is 38.7 Å². The lowest BCUT2D eigenvalue weighted by atomic mass is 10.1. The van der Waals surface area contributed by atoms with Crippen LogP contribution in [-0.2, 0) is 0 Å². The predicted molar refractivity (Wildman–Crippen MR) is 66.7 cm³/mol. The summed E-state index contributed by atoms with van der Waals surface area (Å²) in [5.41, 5.74) is 0.843. The lowest BCUT2D eigenvalue weighted by Gasteiger charge is -2.14. The van der Waals surface area contributed by atoms with Crippen molar-refractivity contribution in [2.75, 3.05) is 6.61 Å². The summed E-state index contributed by atoms with van der Waals surface area (Å²) in [6.07, 6.45) is 2.50. The number of aliphatic hydroxyl groups is 1. The summed E-state index contributed by atoms with van der Waals surface area (Å²) in [5, 5.41) is 18.2. The van der Waals surface area contributed by atoms with Gasteiger partial charge in [0, 0.05) is 12.0 Å². The standard InChI is InChI=1S/C14H19NO2/c1-2-13(16)12-8-4-5-9-14(12)17-11-7-3-6-10-15/h4-5,8-9,13,16H,2-3,6-7,11H2,1H3/t13-/m1/s1. The molecule has 0 amide bonds. The average molecular weight is 233 g/mol. The van der Waals surface area contributed by atoms with Gasteiger partial charge < -0.3 is 9.84 Å². The highest BCUT2D eigenvalue weighted by Gasteiger charge is 2.10. The van der Waals surface area contributed by atoms with Gasteiger partial charge in [0.1, 0.15) is 5.75 Å². The Morgan fingerprint density at radius 1 is 1.35 bits per heavy atom. The van der Waals surface area contributed by atoms with Crippen molar-refractivity contribution in [3.63, 3.8) is 0 Å². The fourth-order valence-electron chi connectivity index (χ4n) is 1.60. The first-order valence-electron chi connectivity index (χ1n) is 6.06. The van der Waals surface area contributed by atoms with Crippen molar-refractivity contribution in [1.29, 1.82) is 5.26 Å². The van der Waals surface area contributed by atoms with Gasteiger partial charge in [-0.05, 0) is 25.3 Å². The van der Waals surface area contributed by atoms with Gasteiger partial charge in [-0.25, -0.2) is 0 Å². The molecule has 0 unspecified atom stereocenters. The van der Waals surface area contributed by atoms with Crippen LogP contribution < -0.4 is 4.74 Å². The number of nitriles is 1. The molecule has 3 nitrogen and oxygen atoms in total. The molecule has 1 aromatic carbocycles. The zero-order chi connectivity index (χ0) is 12.5. The van der Waals surface area contributed by atoms with E-state index in [9.17, 15) is 5.11 Å². The van der Waals surface area contributed by atoms with E-state index in [1.54, 1.807) is 0 Å². The van der Waals surface area contributed by atoms with E-state index in [2.05, 4.69) is 6.07 Å². The molecule has 0 aromatic heterocycles. The Balaban J connectivity index is 2.50. The lowest BCUT2D eigenvalue weighted by molar-refractivity contribution is 0.167. The molecule has 1 aromatic rings. The highest BCUT2D eigenvalue weighted by atomic mass is 16.5. The van der Waals surface area contributed by atoms with Gasteiger partial charge in [-0.1, -0.05) is 25.1 Å². The zero-order valence-electron chi connectivity index (χ0n) is 10.2. The van der Waals surface area contributed by atoms with Crippen LogP contribution in [0.15, 0.2) is 24.3 Å². The van der Waals surface area contributed by atoms with E-state index in [1.165, 1.54) is 0 Å². The van der Waals surface area contributed by atoms with Gasteiger partial charge in [0.15, 0.2) is 0 Å². The Hall–Kier alpha value is -1.53. The third kappa shape index (κ3) is 4.46. The fraction of sp³-hybridized carbons (Fsp3) is 0.500. The van der Waals surface area contributed by atoms with E-state index in [0.717, 1.165) is 24.2 Å². The van der Waals surface area contributed by atoms with Crippen LogP contribution in [0.4, 0.5) is 0 Å². The van der Waals surface area contributed by atoms with Crippen LogP contribution in [0.25, 0.3) is 0 Å². The maximum Gasteiger partial charge on any atom is 0.125 e. The topological polar surface area (TPSA) is 53.2 Å². The maximum absolute atomic E-state index is 9.83. The highest BCUT2D eigenvalue weighted by Crippen LogP contribution is 2.26. The number of ether oxygens (including phenoxy) is 1. The molecule has 0 spiro atoms. The van der Waals surface area contributed by atoms with Crippen LogP contribution in [0, 0.1) is 11.3 Å². The van der Waals surface area contributed by atoms with Crippen LogP contribution in [0.2, 0.25) is 0 Å². The van der Waals surface area contributed by atoms with Gasteiger partial charge >= 0.3 is 0 Å². The molecule has 1 rings (SSSR count). The summed E-state index contributed by atoms with van der Waals surface area (Å²) >= 11 is 0. The molecule has 0 heterocycles. The Bertz CT molecular complexity index is 371. The van der Waals surface area contributed by atoms with Crippen LogP contribution in [0.5, 0.6) is 5.75 Å². The smallest absolute Gasteiger partial charge is 0.125 e. The van der Waals surface area contributed by atoms with Crippen molar-refractivity contribution >= 4 is 0 Å². The summed E-state index contributed by atoms with van der Waals surface area (Å²) in [7, 11) is 0. The summed E-state index contributed by atoms with van der Waals surface area (Å²) < 4.78 is 5.64. The second-order valence-corrected chi connectivity index (χ2v) is 3.93. The summed E-state index contributed by atoms with van der Waals surface area (Å²) in [4.78, 5) is 0. The number of unbranched alkanes of at least 4 members (excludes halogenated alkanes) is 2. The molecule has 1 N–H and O–H groups in total. The third-order valence-electron chi connectivity index (χ3n) is 2.61. The third-order valence-corrected chi connectivity index (χ3v) is 2.61. The second-order valence-electron chi connectivity index (χ2n) is 3.93. The predicted octanol–water partition coefficient (Wildman–Crippen LogP) is 3.20. The Labute approximate surface area is 103 Å². The molecule has 0 saturated heterocycles. The van der Waals surface area contributed by atoms with Crippen molar-refractivity contribution < 1.29 is 9.84 Å². The highest BCUT2D eigenvalue weighted by molar-refractivity contribution is 5.34. The second kappa shape index (κ2) is 7.70. The van der Waals surface area contributed by atoms with E-state index in [4.69, 9.17) is 10.00 Å². The molecule has 0 radical (unpaired) electrons. The molecule has 0 fully saturated rings. The molecule has 0 aliphatic carbocycles. The van der Waals surface area contributed by atoms with E-state index in [0.29, 0.717) is 19.4 Å². The molecule has 17 heavy (non-hydrogen) atoms.